The Bertz CT molecular complexity index is 695. The molecule has 96 valence electrons. The van der Waals surface area contributed by atoms with Crippen molar-refractivity contribution in [3.8, 4) is 11.3 Å². The summed E-state index contributed by atoms with van der Waals surface area (Å²) in [7, 11) is 0. The molecule has 0 fully saturated rings. The molecule has 1 heterocycles. The van der Waals surface area contributed by atoms with Crippen LogP contribution in [0, 0.1) is 0 Å². The van der Waals surface area contributed by atoms with Gasteiger partial charge in [0.15, 0.2) is 0 Å². The summed E-state index contributed by atoms with van der Waals surface area (Å²) in [6, 6.07) is 7.80. The number of rotatable bonds is 2. The van der Waals surface area contributed by atoms with Gasteiger partial charge in [0.05, 0.1) is 17.0 Å². The van der Waals surface area contributed by atoms with Crippen LogP contribution in [0.5, 0.6) is 0 Å². The number of aryl methyl sites for hydroxylation is 1. The average molecular weight is 318 g/mol. The van der Waals surface area contributed by atoms with Crippen LogP contribution in [0.1, 0.15) is 34.1 Å². The van der Waals surface area contributed by atoms with Crippen molar-refractivity contribution in [2.45, 2.75) is 19.8 Å². The van der Waals surface area contributed by atoms with Gasteiger partial charge in [0.2, 0.25) is 0 Å². The van der Waals surface area contributed by atoms with E-state index in [1.165, 1.54) is 5.56 Å². The van der Waals surface area contributed by atoms with E-state index in [1.807, 2.05) is 25.1 Å². The zero-order valence-electron chi connectivity index (χ0n) is 10.4. The highest BCUT2D eigenvalue weighted by Gasteiger charge is 2.24. The third-order valence-corrected chi connectivity index (χ3v) is 4.23. The molecule has 0 atom stereocenters. The molecule has 0 radical (unpaired) electrons. The van der Waals surface area contributed by atoms with Crippen molar-refractivity contribution in [2.24, 2.45) is 0 Å². The van der Waals surface area contributed by atoms with Crippen LogP contribution in [0.25, 0.3) is 11.3 Å². The van der Waals surface area contributed by atoms with E-state index in [0.717, 1.165) is 27.7 Å². The lowest BCUT2D eigenvalue weighted by atomic mass is 10.1. The SMILES string of the molecule is CCc1nc2c(cc1C(=O)O)Cc1c(Br)cccc1-2. The van der Waals surface area contributed by atoms with Crippen molar-refractivity contribution in [3.63, 3.8) is 0 Å². The minimum absolute atomic E-state index is 0.324. The summed E-state index contributed by atoms with van der Waals surface area (Å²) in [6.07, 6.45) is 1.36. The smallest absolute Gasteiger partial charge is 0.337 e. The number of aromatic carboxylic acids is 1. The van der Waals surface area contributed by atoms with Crippen LogP contribution < -0.4 is 0 Å². The minimum Gasteiger partial charge on any atom is -0.478 e. The second kappa shape index (κ2) is 4.46. The predicted octanol–water partition coefficient (Wildman–Crippen LogP) is 3.68. The molecule has 1 N–H and O–H groups in total. The van der Waals surface area contributed by atoms with E-state index in [1.54, 1.807) is 6.07 Å². The number of benzene rings is 1. The van der Waals surface area contributed by atoms with Crippen LogP contribution in [0.4, 0.5) is 0 Å². The molecule has 0 bridgehead atoms. The summed E-state index contributed by atoms with van der Waals surface area (Å²) < 4.78 is 1.05. The van der Waals surface area contributed by atoms with Crippen molar-refractivity contribution in [1.29, 1.82) is 0 Å². The Hall–Kier alpha value is -1.68. The van der Waals surface area contributed by atoms with Crippen molar-refractivity contribution < 1.29 is 9.90 Å². The second-order valence-electron chi connectivity index (χ2n) is 4.59. The van der Waals surface area contributed by atoms with E-state index in [9.17, 15) is 9.90 Å². The maximum absolute atomic E-state index is 11.3. The lowest BCUT2D eigenvalue weighted by Gasteiger charge is -2.07. The van der Waals surface area contributed by atoms with Gasteiger partial charge in [-0.1, -0.05) is 35.0 Å². The number of hydrogen-bond acceptors (Lipinski definition) is 2. The van der Waals surface area contributed by atoms with Gasteiger partial charge in [0.1, 0.15) is 0 Å². The first-order valence-corrected chi connectivity index (χ1v) is 6.95. The lowest BCUT2D eigenvalue weighted by Crippen LogP contribution is -2.06. The largest absolute Gasteiger partial charge is 0.478 e. The monoisotopic (exact) mass is 317 g/mol. The number of nitrogens with zero attached hydrogens (tertiary/aromatic N) is 1. The Morgan fingerprint density at radius 3 is 2.95 bits per heavy atom. The quantitative estimate of drug-likeness (QED) is 0.784. The average Bonchev–Trinajstić information content (AvgIpc) is 2.76. The topological polar surface area (TPSA) is 50.2 Å². The molecule has 0 saturated heterocycles. The maximum atomic E-state index is 11.3. The molecule has 1 aliphatic carbocycles. The van der Waals surface area contributed by atoms with Crippen molar-refractivity contribution in [1.82, 2.24) is 4.98 Å². The molecule has 3 nitrogen and oxygen atoms in total. The third-order valence-electron chi connectivity index (χ3n) is 3.49. The van der Waals surface area contributed by atoms with Gasteiger partial charge in [-0.25, -0.2) is 4.79 Å². The van der Waals surface area contributed by atoms with E-state index >= 15 is 0 Å². The summed E-state index contributed by atoms with van der Waals surface area (Å²) >= 11 is 3.55. The van der Waals surface area contributed by atoms with Crippen molar-refractivity contribution >= 4 is 21.9 Å². The third kappa shape index (κ3) is 1.87. The number of carbonyl (C=O) groups is 1. The molecular formula is C15H12BrNO2. The normalized spacial score (nSPS) is 12.1. The Morgan fingerprint density at radius 2 is 2.26 bits per heavy atom. The van der Waals surface area contributed by atoms with E-state index < -0.39 is 5.97 Å². The van der Waals surface area contributed by atoms with E-state index in [4.69, 9.17) is 0 Å². The van der Waals surface area contributed by atoms with Gasteiger partial charge in [-0.05, 0) is 29.7 Å². The fourth-order valence-corrected chi connectivity index (χ4v) is 3.07. The summed E-state index contributed by atoms with van der Waals surface area (Å²) in [6.45, 7) is 1.93. The molecule has 3 rings (SSSR count). The molecule has 1 aromatic carbocycles. The van der Waals surface area contributed by atoms with E-state index in [0.29, 0.717) is 17.7 Å². The van der Waals surface area contributed by atoms with Gasteiger partial charge in [-0.15, -0.1) is 0 Å². The van der Waals surface area contributed by atoms with Gasteiger partial charge in [0, 0.05) is 16.5 Å². The summed E-state index contributed by atoms with van der Waals surface area (Å²) in [4.78, 5) is 15.8. The van der Waals surface area contributed by atoms with Crippen molar-refractivity contribution in [3.05, 3.63) is 51.1 Å². The Morgan fingerprint density at radius 1 is 1.47 bits per heavy atom. The molecule has 1 aromatic heterocycles. The van der Waals surface area contributed by atoms with Crippen LogP contribution in [0.2, 0.25) is 0 Å². The maximum Gasteiger partial charge on any atom is 0.337 e. The first kappa shape index (κ1) is 12.4. The number of halogens is 1. The molecule has 0 unspecified atom stereocenters. The van der Waals surface area contributed by atoms with Gasteiger partial charge in [0.25, 0.3) is 0 Å². The van der Waals surface area contributed by atoms with Gasteiger partial charge in [-0.3, -0.25) is 4.98 Å². The first-order chi connectivity index (χ1) is 9.11. The zero-order valence-corrected chi connectivity index (χ0v) is 12.0. The fraction of sp³-hybridized carbons (Fsp3) is 0.200. The highest BCUT2D eigenvalue weighted by Crippen LogP contribution is 2.39. The Kier molecular flexibility index (Phi) is 2.90. The highest BCUT2D eigenvalue weighted by molar-refractivity contribution is 9.10. The number of carboxylic acid groups (broad SMARTS) is 1. The van der Waals surface area contributed by atoms with Gasteiger partial charge >= 0.3 is 5.97 Å². The minimum atomic E-state index is -0.901. The fourth-order valence-electron chi connectivity index (χ4n) is 2.57. The van der Waals surface area contributed by atoms with E-state index in [2.05, 4.69) is 20.9 Å². The summed E-state index contributed by atoms with van der Waals surface area (Å²) in [5.41, 5.74) is 5.20. The molecule has 1 aliphatic rings. The van der Waals surface area contributed by atoms with Crippen LogP contribution in [0.3, 0.4) is 0 Å². The summed E-state index contributed by atoms with van der Waals surface area (Å²) in [5, 5.41) is 9.25. The molecule has 2 aromatic rings. The number of hydrogen-bond donors (Lipinski definition) is 1. The molecular weight excluding hydrogens is 306 g/mol. The van der Waals surface area contributed by atoms with Gasteiger partial charge in [-0.2, -0.15) is 0 Å². The Balaban J connectivity index is 2.24. The van der Waals surface area contributed by atoms with Crippen LogP contribution in [0.15, 0.2) is 28.7 Å². The standard InChI is InChI=1S/C15H12BrNO2/c1-2-13-11(15(18)19)7-8-6-10-9(14(8)17-13)4-3-5-12(10)16/h3-5,7H,2,6H2,1H3,(H,18,19). The van der Waals surface area contributed by atoms with Crippen molar-refractivity contribution in [2.75, 3.05) is 0 Å². The first-order valence-electron chi connectivity index (χ1n) is 6.15. The predicted molar refractivity (Wildman–Crippen MR) is 76.5 cm³/mol. The van der Waals surface area contributed by atoms with Crippen LogP contribution >= 0.6 is 15.9 Å². The number of carboxylic acids is 1. The Labute approximate surface area is 119 Å². The molecule has 19 heavy (non-hydrogen) atoms. The molecule has 4 heteroatoms. The van der Waals surface area contributed by atoms with Crippen LogP contribution in [-0.4, -0.2) is 16.1 Å². The number of pyridine rings is 1. The van der Waals surface area contributed by atoms with E-state index in [-0.39, 0.29) is 0 Å². The highest BCUT2D eigenvalue weighted by atomic mass is 79.9. The summed E-state index contributed by atoms with van der Waals surface area (Å²) in [5.74, 6) is -0.901. The molecule has 0 spiro atoms. The zero-order chi connectivity index (χ0) is 13.6. The molecule has 0 aliphatic heterocycles. The molecule has 0 saturated carbocycles. The molecule has 0 amide bonds. The number of aromatic nitrogens is 1. The number of fused-ring (bicyclic) bond motifs is 3. The lowest BCUT2D eigenvalue weighted by molar-refractivity contribution is 0.0695. The second-order valence-corrected chi connectivity index (χ2v) is 5.45. The van der Waals surface area contributed by atoms with Crippen LogP contribution in [-0.2, 0) is 12.8 Å². The van der Waals surface area contributed by atoms with Gasteiger partial charge < -0.3 is 5.11 Å².